The Balaban J connectivity index is 1.93. The normalized spacial score (nSPS) is 18.5. The molecule has 0 bridgehead atoms. The van der Waals surface area contributed by atoms with Gasteiger partial charge in [0.1, 0.15) is 6.10 Å². The van der Waals surface area contributed by atoms with Crippen LogP contribution in [0.1, 0.15) is 65.0 Å². The van der Waals surface area contributed by atoms with E-state index in [0.717, 1.165) is 49.4 Å². The van der Waals surface area contributed by atoms with Crippen molar-refractivity contribution in [3.63, 3.8) is 0 Å². The number of hydrogen-bond donors (Lipinski definition) is 1. The summed E-state index contributed by atoms with van der Waals surface area (Å²) in [4.78, 5) is 12.5. The van der Waals surface area contributed by atoms with Crippen molar-refractivity contribution in [2.45, 2.75) is 71.6 Å². The second-order valence-corrected chi connectivity index (χ2v) is 7.24. The minimum Gasteiger partial charge on any atom is -0.490 e. The Morgan fingerprint density at radius 3 is 2.54 bits per heavy atom. The van der Waals surface area contributed by atoms with Gasteiger partial charge in [0.2, 0.25) is 5.91 Å². The van der Waals surface area contributed by atoms with Gasteiger partial charge in [-0.15, -0.1) is 0 Å². The van der Waals surface area contributed by atoms with E-state index in [9.17, 15) is 4.79 Å². The topological polar surface area (TPSA) is 66.0 Å². The van der Waals surface area contributed by atoms with Crippen LogP contribution in [0.3, 0.4) is 0 Å². The first-order chi connectivity index (χ1) is 13.5. The molecule has 1 heterocycles. The lowest BCUT2D eigenvalue weighted by atomic mass is 10.1. The number of benzene rings is 1. The molecule has 3 atom stereocenters. The molecular formula is C22H35NO5. The standard InChI is InChI=1S/C22H35NO5/c1-5-11-26-20-10-9-18(14-21(20)27-12-6-2)16(3)23-22(24)17(4)28-15-19-8-7-13-25-19/h9-10,14,16-17,19H,5-8,11-13,15H2,1-4H3,(H,23,24). The molecule has 2 rings (SSSR count). The third-order valence-electron chi connectivity index (χ3n) is 4.68. The summed E-state index contributed by atoms with van der Waals surface area (Å²) in [5, 5.41) is 3.02. The fourth-order valence-corrected chi connectivity index (χ4v) is 2.97. The maximum Gasteiger partial charge on any atom is 0.249 e. The maximum atomic E-state index is 12.5. The molecule has 28 heavy (non-hydrogen) atoms. The summed E-state index contributed by atoms with van der Waals surface area (Å²) in [5.74, 6) is 1.33. The highest BCUT2D eigenvalue weighted by Crippen LogP contribution is 2.31. The zero-order valence-electron chi connectivity index (χ0n) is 17.7. The summed E-state index contributed by atoms with van der Waals surface area (Å²) >= 11 is 0. The van der Waals surface area contributed by atoms with E-state index in [1.165, 1.54) is 0 Å². The highest BCUT2D eigenvalue weighted by atomic mass is 16.5. The molecule has 1 aliphatic heterocycles. The number of amides is 1. The third-order valence-corrected chi connectivity index (χ3v) is 4.68. The molecule has 6 heteroatoms. The summed E-state index contributed by atoms with van der Waals surface area (Å²) in [7, 11) is 0. The molecule has 1 saturated heterocycles. The van der Waals surface area contributed by atoms with Gasteiger partial charge in [0.25, 0.3) is 0 Å². The van der Waals surface area contributed by atoms with Gasteiger partial charge >= 0.3 is 0 Å². The summed E-state index contributed by atoms with van der Waals surface area (Å²) < 4.78 is 22.8. The minimum absolute atomic E-state index is 0.113. The number of ether oxygens (including phenoxy) is 4. The summed E-state index contributed by atoms with van der Waals surface area (Å²) in [5.41, 5.74) is 0.967. The van der Waals surface area contributed by atoms with Crippen LogP contribution in [0.4, 0.5) is 0 Å². The SMILES string of the molecule is CCCOc1ccc(C(C)NC(=O)C(C)OCC2CCCO2)cc1OCCC. The van der Waals surface area contributed by atoms with E-state index >= 15 is 0 Å². The Labute approximate surface area is 168 Å². The van der Waals surface area contributed by atoms with Gasteiger partial charge < -0.3 is 24.3 Å². The molecule has 0 aromatic heterocycles. The van der Waals surface area contributed by atoms with Gasteiger partial charge in [-0.1, -0.05) is 19.9 Å². The van der Waals surface area contributed by atoms with Crippen molar-refractivity contribution in [3.8, 4) is 11.5 Å². The smallest absolute Gasteiger partial charge is 0.249 e. The highest BCUT2D eigenvalue weighted by molar-refractivity contribution is 5.80. The van der Waals surface area contributed by atoms with Gasteiger partial charge in [0, 0.05) is 6.61 Å². The molecule has 1 aromatic rings. The van der Waals surface area contributed by atoms with E-state index in [0.29, 0.717) is 19.8 Å². The largest absolute Gasteiger partial charge is 0.490 e. The first-order valence-electron chi connectivity index (χ1n) is 10.5. The predicted molar refractivity (Wildman–Crippen MR) is 109 cm³/mol. The third kappa shape index (κ3) is 6.99. The molecule has 1 N–H and O–H groups in total. The summed E-state index contributed by atoms with van der Waals surface area (Å²) in [6.07, 6.45) is 3.51. The fourth-order valence-electron chi connectivity index (χ4n) is 2.97. The maximum absolute atomic E-state index is 12.5. The van der Waals surface area contributed by atoms with Crippen molar-refractivity contribution in [1.29, 1.82) is 0 Å². The van der Waals surface area contributed by atoms with Crippen molar-refractivity contribution in [3.05, 3.63) is 23.8 Å². The fraction of sp³-hybridized carbons (Fsp3) is 0.682. The second kappa shape index (κ2) is 11.9. The van der Waals surface area contributed by atoms with Crippen LogP contribution in [0.5, 0.6) is 11.5 Å². The molecule has 1 amide bonds. The van der Waals surface area contributed by atoms with Crippen molar-refractivity contribution in [2.75, 3.05) is 26.4 Å². The lowest BCUT2D eigenvalue weighted by Gasteiger charge is -2.21. The summed E-state index contributed by atoms with van der Waals surface area (Å²) in [6, 6.07) is 5.66. The number of nitrogens with one attached hydrogen (secondary N) is 1. The Bertz CT molecular complexity index is 601. The van der Waals surface area contributed by atoms with Gasteiger partial charge in [-0.05, 0) is 57.2 Å². The Hall–Kier alpha value is -1.79. The van der Waals surface area contributed by atoms with Gasteiger partial charge in [-0.2, -0.15) is 0 Å². The number of carbonyl (C=O) groups is 1. The van der Waals surface area contributed by atoms with Crippen LogP contribution in [0.15, 0.2) is 18.2 Å². The zero-order valence-corrected chi connectivity index (χ0v) is 17.7. The average molecular weight is 394 g/mol. The van der Waals surface area contributed by atoms with Gasteiger partial charge in [0.15, 0.2) is 11.5 Å². The van der Waals surface area contributed by atoms with E-state index in [-0.39, 0.29) is 18.1 Å². The molecule has 158 valence electrons. The Morgan fingerprint density at radius 2 is 1.89 bits per heavy atom. The van der Waals surface area contributed by atoms with E-state index in [1.807, 2.05) is 25.1 Å². The van der Waals surface area contributed by atoms with E-state index < -0.39 is 6.10 Å². The number of carbonyl (C=O) groups excluding carboxylic acids is 1. The van der Waals surface area contributed by atoms with Crippen LogP contribution in [0.2, 0.25) is 0 Å². The molecule has 0 aliphatic carbocycles. The molecule has 1 aromatic carbocycles. The first kappa shape index (κ1) is 22.5. The van der Waals surface area contributed by atoms with Crippen molar-refractivity contribution < 1.29 is 23.7 Å². The lowest BCUT2D eigenvalue weighted by Crippen LogP contribution is -2.37. The Kier molecular flexibility index (Phi) is 9.58. The van der Waals surface area contributed by atoms with Crippen LogP contribution in [0.25, 0.3) is 0 Å². The van der Waals surface area contributed by atoms with Crippen molar-refractivity contribution >= 4 is 5.91 Å². The summed E-state index contributed by atoms with van der Waals surface area (Å²) in [6.45, 7) is 10.4. The monoisotopic (exact) mass is 393 g/mol. The number of rotatable bonds is 12. The van der Waals surface area contributed by atoms with E-state index in [1.54, 1.807) is 6.92 Å². The zero-order chi connectivity index (χ0) is 20.4. The molecule has 0 spiro atoms. The second-order valence-electron chi connectivity index (χ2n) is 7.24. The first-order valence-corrected chi connectivity index (χ1v) is 10.5. The predicted octanol–water partition coefficient (Wildman–Crippen LogP) is 4.03. The molecule has 1 fully saturated rings. The average Bonchev–Trinajstić information content (AvgIpc) is 3.22. The minimum atomic E-state index is -0.519. The van der Waals surface area contributed by atoms with Crippen molar-refractivity contribution in [1.82, 2.24) is 5.32 Å². The lowest BCUT2D eigenvalue weighted by molar-refractivity contribution is -0.134. The van der Waals surface area contributed by atoms with Crippen LogP contribution in [0, 0.1) is 0 Å². The van der Waals surface area contributed by atoms with Crippen molar-refractivity contribution in [2.24, 2.45) is 0 Å². The van der Waals surface area contributed by atoms with Gasteiger partial charge in [-0.25, -0.2) is 0 Å². The van der Waals surface area contributed by atoms with Crippen LogP contribution in [-0.4, -0.2) is 44.5 Å². The molecular weight excluding hydrogens is 358 g/mol. The Morgan fingerprint density at radius 1 is 1.18 bits per heavy atom. The van der Waals surface area contributed by atoms with Gasteiger partial charge in [0.05, 0.1) is 32.0 Å². The quantitative estimate of drug-likeness (QED) is 0.581. The molecule has 1 aliphatic rings. The molecule has 0 saturated carbocycles. The number of hydrogen-bond acceptors (Lipinski definition) is 5. The van der Waals surface area contributed by atoms with Crippen LogP contribution >= 0.6 is 0 Å². The van der Waals surface area contributed by atoms with Gasteiger partial charge in [-0.3, -0.25) is 4.79 Å². The molecule has 3 unspecified atom stereocenters. The van der Waals surface area contributed by atoms with E-state index in [2.05, 4.69) is 19.2 Å². The van der Waals surface area contributed by atoms with E-state index in [4.69, 9.17) is 18.9 Å². The van der Waals surface area contributed by atoms with Crippen LogP contribution < -0.4 is 14.8 Å². The van der Waals surface area contributed by atoms with Crippen LogP contribution in [-0.2, 0) is 14.3 Å². The highest BCUT2D eigenvalue weighted by Gasteiger charge is 2.21. The molecule has 6 nitrogen and oxygen atoms in total. The molecule has 0 radical (unpaired) electrons.